The van der Waals surface area contributed by atoms with Gasteiger partial charge in [0.1, 0.15) is 29.1 Å². The second kappa shape index (κ2) is 10.4. The number of nitrogens with zero attached hydrogens (tertiary/aromatic N) is 2. The number of para-hydroxylation sites is 1. The lowest BCUT2D eigenvalue weighted by molar-refractivity contribution is 0.439. The van der Waals surface area contributed by atoms with Gasteiger partial charge in [-0.15, -0.1) is 0 Å². The Hall–Kier alpha value is -3.94. The van der Waals surface area contributed by atoms with Crippen molar-refractivity contribution in [2.24, 2.45) is 0 Å². The molecule has 1 fully saturated rings. The number of anilines is 1. The Labute approximate surface area is 235 Å². The molecule has 1 N–H and O–H groups in total. The van der Waals surface area contributed by atoms with E-state index >= 15 is 0 Å². The fraction of sp³-hybridized carbons (Fsp3) is 0.0968. The molecule has 5 aromatic rings. The van der Waals surface area contributed by atoms with E-state index in [-0.39, 0.29) is 12.1 Å². The molecule has 3 aromatic carbocycles. The maximum Gasteiger partial charge on any atom is 0.174 e. The van der Waals surface area contributed by atoms with Crippen molar-refractivity contribution in [2.45, 2.75) is 19.0 Å². The van der Waals surface area contributed by atoms with E-state index in [1.807, 2.05) is 84.9 Å². The van der Waals surface area contributed by atoms with E-state index in [0.29, 0.717) is 5.11 Å². The van der Waals surface area contributed by atoms with E-state index in [4.69, 9.17) is 21.4 Å². The number of ether oxygens (including phenoxy) is 1. The normalized spacial score (nSPS) is 16.9. The number of halogens is 1. The molecular formula is C31H24BrN3O2S. The summed E-state index contributed by atoms with van der Waals surface area (Å²) in [6, 6.07) is 33.4. The minimum absolute atomic E-state index is 0.190. The van der Waals surface area contributed by atoms with E-state index < -0.39 is 0 Å². The largest absolute Gasteiger partial charge is 0.459 e. The van der Waals surface area contributed by atoms with E-state index in [1.165, 1.54) is 5.56 Å². The third-order valence-corrected chi connectivity index (χ3v) is 7.47. The number of benzene rings is 3. The number of hydrogen-bond donors (Lipinski definition) is 1. The monoisotopic (exact) mass is 581 g/mol. The first-order valence-corrected chi connectivity index (χ1v) is 13.5. The predicted octanol–water partition coefficient (Wildman–Crippen LogP) is 8.38. The Morgan fingerprint density at radius 2 is 1.66 bits per heavy atom. The van der Waals surface area contributed by atoms with Gasteiger partial charge in [-0.1, -0.05) is 46.3 Å². The van der Waals surface area contributed by atoms with Crippen LogP contribution in [0.4, 0.5) is 5.69 Å². The first-order chi connectivity index (χ1) is 18.6. The van der Waals surface area contributed by atoms with Crippen LogP contribution >= 0.6 is 28.1 Å². The second-order valence-electron chi connectivity index (χ2n) is 9.09. The van der Waals surface area contributed by atoms with Crippen LogP contribution in [0.25, 0.3) is 11.3 Å². The Kier molecular flexibility index (Phi) is 6.70. The molecule has 6 rings (SSSR count). The quantitative estimate of drug-likeness (QED) is 0.203. The molecule has 0 bridgehead atoms. The van der Waals surface area contributed by atoms with Crippen molar-refractivity contribution < 1.29 is 9.15 Å². The summed E-state index contributed by atoms with van der Waals surface area (Å²) in [6.07, 6.45) is 1.80. The van der Waals surface area contributed by atoms with Crippen LogP contribution in [0.1, 0.15) is 29.1 Å². The third-order valence-electron chi connectivity index (χ3n) is 6.50. The van der Waals surface area contributed by atoms with Crippen LogP contribution in [-0.2, 0) is 0 Å². The van der Waals surface area contributed by atoms with Crippen molar-refractivity contribution in [3.63, 3.8) is 0 Å². The highest BCUT2D eigenvalue weighted by Crippen LogP contribution is 2.44. The van der Waals surface area contributed by atoms with Gasteiger partial charge in [0, 0.05) is 21.9 Å². The average Bonchev–Trinajstić information content (AvgIpc) is 3.55. The Morgan fingerprint density at radius 3 is 2.39 bits per heavy atom. The van der Waals surface area contributed by atoms with Crippen molar-refractivity contribution in [3.8, 4) is 22.8 Å². The van der Waals surface area contributed by atoms with Gasteiger partial charge in [-0.05, 0) is 97.5 Å². The maximum atomic E-state index is 6.51. The first-order valence-electron chi connectivity index (χ1n) is 12.3. The molecule has 0 spiro atoms. The highest BCUT2D eigenvalue weighted by atomic mass is 79.9. The topological polar surface area (TPSA) is 50.5 Å². The van der Waals surface area contributed by atoms with Crippen molar-refractivity contribution in [1.29, 1.82) is 0 Å². The van der Waals surface area contributed by atoms with Gasteiger partial charge < -0.3 is 19.4 Å². The third kappa shape index (κ3) is 4.83. The average molecular weight is 583 g/mol. The molecule has 2 atom stereocenters. The fourth-order valence-electron chi connectivity index (χ4n) is 4.70. The molecular weight excluding hydrogens is 558 g/mol. The summed E-state index contributed by atoms with van der Waals surface area (Å²) in [5, 5.41) is 4.09. The molecule has 0 unspecified atom stereocenters. The number of rotatable bonds is 6. The van der Waals surface area contributed by atoms with Crippen LogP contribution in [-0.4, -0.2) is 10.1 Å². The van der Waals surface area contributed by atoms with Gasteiger partial charge in [0.05, 0.1) is 11.7 Å². The Morgan fingerprint density at radius 1 is 0.895 bits per heavy atom. The number of aryl methyl sites for hydroxylation is 1. The van der Waals surface area contributed by atoms with Crippen molar-refractivity contribution in [3.05, 3.63) is 131 Å². The zero-order valence-corrected chi connectivity index (χ0v) is 22.9. The van der Waals surface area contributed by atoms with E-state index in [0.717, 1.165) is 44.4 Å². The lowest BCUT2D eigenvalue weighted by atomic mass is 10.0. The smallest absolute Gasteiger partial charge is 0.174 e. The van der Waals surface area contributed by atoms with Crippen LogP contribution in [0, 0.1) is 6.92 Å². The first kappa shape index (κ1) is 24.4. The van der Waals surface area contributed by atoms with Gasteiger partial charge in [-0.2, -0.15) is 0 Å². The SMILES string of the molecule is Cc1ccc(-c2ccc([C@@H]3[C@H](c4ccccn4)NC(=S)N3c3ccc(Oc4ccccc4)cc3)o2)c(Br)c1. The summed E-state index contributed by atoms with van der Waals surface area (Å²) in [5.41, 5.74) is 4.00. The highest BCUT2D eigenvalue weighted by Gasteiger charge is 2.42. The molecule has 0 aliphatic carbocycles. The molecule has 5 nitrogen and oxygen atoms in total. The van der Waals surface area contributed by atoms with Crippen molar-refractivity contribution >= 4 is 38.9 Å². The van der Waals surface area contributed by atoms with Crippen molar-refractivity contribution in [1.82, 2.24) is 10.3 Å². The molecule has 0 radical (unpaired) electrons. The number of hydrogen-bond acceptors (Lipinski definition) is 4. The molecule has 1 aliphatic heterocycles. The minimum atomic E-state index is -0.240. The molecule has 1 aliphatic rings. The number of pyridine rings is 1. The molecule has 1 saturated heterocycles. The summed E-state index contributed by atoms with van der Waals surface area (Å²) >= 11 is 9.54. The van der Waals surface area contributed by atoms with E-state index in [9.17, 15) is 0 Å². The zero-order chi connectivity index (χ0) is 26.1. The molecule has 3 heterocycles. The lowest BCUT2D eigenvalue weighted by Crippen LogP contribution is -2.29. The van der Waals surface area contributed by atoms with Crippen LogP contribution in [0.15, 0.2) is 118 Å². The summed E-state index contributed by atoms with van der Waals surface area (Å²) in [7, 11) is 0. The molecule has 38 heavy (non-hydrogen) atoms. The summed E-state index contributed by atoms with van der Waals surface area (Å²) < 4.78 is 13.5. The van der Waals surface area contributed by atoms with E-state index in [1.54, 1.807) is 6.20 Å². The van der Waals surface area contributed by atoms with Gasteiger partial charge in [-0.3, -0.25) is 4.98 Å². The second-order valence-corrected chi connectivity index (χ2v) is 10.3. The standard InChI is InChI=1S/C31H24BrN3O2S/c1-20-10-15-24(25(32)19-20)27-16-17-28(37-27)30-29(26-9-5-6-18-33-26)34-31(38)35(30)21-11-13-23(14-12-21)36-22-7-3-2-4-8-22/h2-19,29-30H,1H3,(H,34,38)/t29-,30+/m0/s1. The summed E-state index contributed by atoms with van der Waals surface area (Å²) in [5.74, 6) is 3.12. The molecule has 2 aromatic heterocycles. The summed E-state index contributed by atoms with van der Waals surface area (Å²) in [6.45, 7) is 2.07. The lowest BCUT2D eigenvalue weighted by Gasteiger charge is -2.26. The Balaban J connectivity index is 1.37. The van der Waals surface area contributed by atoms with Crippen LogP contribution in [0.3, 0.4) is 0 Å². The minimum Gasteiger partial charge on any atom is -0.459 e. The number of aromatic nitrogens is 1. The molecule has 7 heteroatoms. The molecule has 188 valence electrons. The van der Waals surface area contributed by atoms with Crippen molar-refractivity contribution in [2.75, 3.05) is 4.90 Å². The van der Waals surface area contributed by atoms with Gasteiger partial charge >= 0.3 is 0 Å². The Bertz CT molecular complexity index is 1570. The maximum absolute atomic E-state index is 6.51. The van der Waals surface area contributed by atoms with Crippen LogP contribution < -0.4 is 15.0 Å². The summed E-state index contributed by atoms with van der Waals surface area (Å²) in [4.78, 5) is 6.72. The van der Waals surface area contributed by atoms with E-state index in [2.05, 4.69) is 56.3 Å². The van der Waals surface area contributed by atoms with Gasteiger partial charge in [0.15, 0.2) is 5.11 Å². The fourth-order valence-corrected chi connectivity index (χ4v) is 5.73. The van der Waals surface area contributed by atoms with Crippen LogP contribution in [0.2, 0.25) is 0 Å². The highest BCUT2D eigenvalue weighted by molar-refractivity contribution is 9.10. The van der Waals surface area contributed by atoms with Gasteiger partial charge in [0.2, 0.25) is 0 Å². The number of furan rings is 1. The molecule has 0 amide bonds. The molecule has 0 saturated carbocycles. The number of nitrogens with one attached hydrogen (secondary N) is 1. The van der Waals surface area contributed by atoms with Crippen LogP contribution in [0.5, 0.6) is 11.5 Å². The van der Waals surface area contributed by atoms with Gasteiger partial charge in [0.25, 0.3) is 0 Å². The zero-order valence-electron chi connectivity index (χ0n) is 20.5. The van der Waals surface area contributed by atoms with Gasteiger partial charge in [-0.25, -0.2) is 0 Å². The number of thiocarbonyl (C=S) groups is 1. The predicted molar refractivity (Wildman–Crippen MR) is 157 cm³/mol.